The normalized spacial score (nSPS) is 10.5. The molecule has 1 aromatic carbocycles. The zero-order valence-electron chi connectivity index (χ0n) is 14.3. The predicted molar refractivity (Wildman–Crippen MR) is 90.4 cm³/mol. The number of carbonyl (C=O) groups is 2. The lowest BCUT2D eigenvalue weighted by atomic mass is 10.1. The smallest absolute Gasteiger partial charge is 0.325 e. The van der Waals surface area contributed by atoms with Crippen molar-refractivity contribution in [1.82, 2.24) is 0 Å². The highest BCUT2D eigenvalue weighted by Crippen LogP contribution is 2.28. The molecule has 7 nitrogen and oxygen atoms in total. The number of benzene rings is 1. The van der Waals surface area contributed by atoms with E-state index in [-0.39, 0.29) is 13.2 Å². The van der Waals surface area contributed by atoms with Crippen LogP contribution in [0.5, 0.6) is 0 Å². The van der Waals surface area contributed by atoms with Crippen LogP contribution < -0.4 is 4.90 Å². The summed E-state index contributed by atoms with van der Waals surface area (Å²) in [5.74, 6) is -2.64. The van der Waals surface area contributed by atoms with Crippen molar-refractivity contribution < 1.29 is 19.1 Å². The van der Waals surface area contributed by atoms with Gasteiger partial charge in [0.2, 0.25) is 0 Å². The molecule has 0 bridgehead atoms. The number of anilines is 1. The van der Waals surface area contributed by atoms with Crippen LogP contribution in [-0.2, 0) is 19.1 Å². The van der Waals surface area contributed by atoms with Crippen molar-refractivity contribution >= 4 is 29.5 Å². The molecule has 0 spiro atoms. The number of rotatable bonds is 7. The van der Waals surface area contributed by atoms with Crippen molar-refractivity contribution in [3.8, 4) is 6.07 Å². The van der Waals surface area contributed by atoms with Crippen molar-refractivity contribution in [1.29, 1.82) is 5.26 Å². The number of nitrogens with zero attached hydrogens (tertiary/aromatic N) is 3. The van der Waals surface area contributed by atoms with Gasteiger partial charge >= 0.3 is 11.9 Å². The van der Waals surface area contributed by atoms with Gasteiger partial charge in [0.1, 0.15) is 0 Å². The Morgan fingerprint density at radius 2 is 1.83 bits per heavy atom. The van der Waals surface area contributed by atoms with Crippen LogP contribution >= 0.6 is 0 Å². The van der Waals surface area contributed by atoms with Gasteiger partial charge in [0.25, 0.3) is 0 Å². The van der Waals surface area contributed by atoms with Crippen LogP contribution in [0.15, 0.2) is 23.2 Å². The second-order valence-electron chi connectivity index (χ2n) is 4.97. The van der Waals surface area contributed by atoms with E-state index in [1.54, 1.807) is 36.9 Å². The number of aliphatic imine (C=N–C) groups is 1. The molecule has 0 aliphatic rings. The standard InChI is InChI=1S/C17H21N3O4/c1-5-23-16(21)13(17(22)24-6-2)11-19-14-8-7-12(10-18)9-15(14)20(3)4/h7-9,11,13H,5-6H2,1-4H3. The highest BCUT2D eigenvalue weighted by molar-refractivity contribution is 6.09. The quantitative estimate of drug-likeness (QED) is 0.431. The van der Waals surface area contributed by atoms with Gasteiger partial charge in [-0.2, -0.15) is 5.26 Å². The first-order valence-corrected chi connectivity index (χ1v) is 7.53. The molecule has 1 rings (SSSR count). The summed E-state index contributed by atoms with van der Waals surface area (Å²) in [6.45, 7) is 3.62. The molecule has 24 heavy (non-hydrogen) atoms. The van der Waals surface area contributed by atoms with E-state index in [0.29, 0.717) is 16.9 Å². The van der Waals surface area contributed by atoms with Crippen molar-refractivity contribution in [3.05, 3.63) is 23.8 Å². The van der Waals surface area contributed by atoms with E-state index < -0.39 is 17.9 Å². The molecular weight excluding hydrogens is 310 g/mol. The zero-order valence-corrected chi connectivity index (χ0v) is 14.3. The van der Waals surface area contributed by atoms with E-state index in [9.17, 15) is 9.59 Å². The maximum absolute atomic E-state index is 11.9. The van der Waals surface area contributed by atoms with Gasteiger partial charge in [-0.25, -0.2) is 0 Å². The van der Waals surface area contributed by atoms with E-state index in [1.165, 1.54) is 6.21 Å². The highest BCUT2D eigenvalue weighted by atomic mass is 16.6. The van der Waals surface area contributed by atoms with Gasteiger partial charge < -0.3 is 14.4 Å². The lowest BCUT2D eigenvalue weighted by molar-refractivity contribution is -0.157. The first kappa shape index (κ1) is 19.2. The largest absolute Gasteiger partial charge is 0.465 e. The molecule has 0 atom stereocenters. The molecule has 0 radical (unpaired) electrons. The van der Waals surface area contributed by atoms with Crippen molar-refractivity contribution in [2.75, 3.05) is 32.2 Å². The average Bonchev–Trinajstić information content (AvgIpc) is 2.55. The van der Waals surface area contributed by atoms with Gasteiger partial charge in [-0.3, -0.25) is 14.6 Å². The third-order valence-electron chi connectivity index (χ3n) is 3.03. The summed E-state index contributed by atoms with van der Waals surface area (Å²) < 4.78 is 9.78. The molecule has 0 saturated heterocycles. The Labute approximate surface area is 141 Å². The summed E-state index contributed by atoms with van der Waals surface area (Å²) in [6.07, 6.45) is 1.21. The second-order valence-corrected chi connectivity index (χ2v) is 4.97. The molecular formula is C17H21N3O4. The van der Waals surface area contributed by atoms with Crippen molar-refractivity contribution in [2.45, 2.75) is 13.8 Å². The van der Waals surface area contributed by atoms with Crippen LogP contribution in [0.4, 0.5) is 11.4 Å². The summed E-state index contributed by atoms with van der Waals surface area (Å²) >= 11 is 0. The van der Waals surface area contributed by atoms with Crippen LogP contribution in [0.2, 0.25) is 0 Å². The Morgan fingerprint density at radius 3 is 2.29 bits per heavy atom. The van der Waals surface area contributed by atoms with E-state index >= 15 is 0 Å². The van der Waals surface area contributed by atoms with E-state index in [2.05, 4.69) is 11.1 Å². The number of carbonyl (C=O) groups excluding carboxylic acids is 2. The summed E-state index contributed by atoms with van der Waals surface area (Å²) in [6, 6.07) is 7.00. The zero-order chi connectivity index (χ0) is 18.1. The third-order valence-corrected chi connectivity index (χ3v) is 3.03. The minimum absolute atomic E-state index is 0.155. The lowest BCUT2D eigenvalue weighted by Gasteiger charge is -2.16. The molecule has 7 heteroatoms. The summed E-state index contributed by atoms with van der Waals surface area (Å²) in [7, 11) is 3.62. The Balaban J connectivity index is 3.15. The van der Waals surface area contributed by atoms with E-state index in [0.717, 1.165) is 0 Å². The number of esters is 2. The molecule has 0 amide bonds. The molecule has 0 N–H and O–H groups in total. The van der Waals surface area contributed by atoms with Gasteiger partial charge in [0, 0.05) is 20.3 Å². The van der Waals surface area contributed by atoms with Crippen LogP contribution in [0.3, 0.4) is 0 Å². The second kappa shape index (κ2) is 9.30. The first-order chi connectivity index (χ1) is 11.4. The fourth-order valence-electron chi connectivity index (χ4n) is 1.90. The van der Waals surface area contributed by atoms with Crippen LogP contribution in [-0.4, -0.2) is 45.5 Å². The Hall–Kier alpha value is -2.88. The molecule has 0 aliphatic heterocycles. The van der Waals surface area contributed by atoms with Gasteiger partial charge in [0.05, 0.1) is 36.2 Å². The van der Waals surface area contributed by atoms with E-state index in [4.69, 9.17) is 14.7 Å². The van der Waals surface area contributed by atoms with Crippen LogP contribution in [0.1, 0.15) is 19.4 Å². The predicted octanol–water partition coefficient (Wildman–Crippen LogP) is 2.07. The van der Waals surface area contributed by atoms with Gasteiger partial charge in [0.15, 0.2) is 5.92 Å². The van der Waals surface area contributed by atoms with E-state index in [1.807, 2.05) is 14.1 Å². The minimum Gasteiger partial charge on any atom is -0.465 e. The summed E-state index contributed by atoms with van der Waals surface area (Å²) in [5, 5.41) is 8.99. The summed E-state index contributed by atoms with van der Waals surface area (Å²) in [4.78, 5) is 29.9. The molecule has 0 unspecified atom stereocenters. The lowest BCUT2D eigenvalue weighted by Crippen LogP contribution is -2.29. The average molecular weight is 331 g/mol. The fourth-order valence-corrected chi connectivity index (χ4v) is 1.90. The molecule has 0 saturated carbocycles. The molecule has 128 valence electrons. The Morgan fingerprint density at radius 1 is 1.25 bits per heavy atom. The number of hydrogen-bond donors (Lipinski definition) is 0. The van der Waals surface area contributed by atoms with Crippen LogP contribution in [0, 0.1) is 17.2 Å². The minimum atomic E-state index is -1.23. The van der Waals surface area contributed by atoms with Crippen molar-refractivity contribution in [3.63, 3.8) is 0 Å². The Kier molecular flexibility index (Phi) is 7.43. The first-order valence-electron chi connectivity index (χ1n) is 7.53. The number of hydrogen-bond acceptors (Lipinski definition) is 7. The van der Waals surface area contributed by atoms with Crippen molar-refractivity contribution in [2.24, 2.45) is 10.9 Å². The number of ether oxygens (including phenoxy) is 2. The summed E-state index contributed by atoms with van der Waals surface area (Å²) in [5.41, 5.74) is 1.71. The van der Waals surface area contributed by atoms with Crippen LogP contribution in [0.25, 0.3) is 0 Å². The molecule has 0 aliphatic carbocycles. The molecule has 0 heterocycles. The maximum Gasteiger partial charge on any atom is 0.325 e. The monoisotopic (exact) mass is 331 g/mol. The SMILES string of the molecule is CCOC(=O)C(C=Nc1ccc(C#N)cc1N(C)C)C(=O)OCC. The third kappa shape index (κ3) is 5.09. The highest BCUT2D eigenvalue weighted by Gasteiger charge is 2.27. The van der Waals surface area contributed by atoms with Gasteiger partial charge in [-0.05, 0) is 32.0 Å². The van der Waals surface area contributed by atoms with Gasteiger partial charge in [-0.1, -0.05) is 0 Å². The molecule has 0 aromatic heterocycles. The molecule has 1 aromatic rings. The topological polar surface area (TPSA) is 92.0 Å². The fraction of sp³-hybridized carbons (Fsp3) is 0.412. The maximum atomic E-state index is 11.9. The Bertz CT molecular complexity index is 644. The number of nitriles is 1. The van der Waals surface area contributed by atoms with Gasteiger partial charge in [-0.15, -0.1) is 0 Å². The molecule has 0 fully saturated rings.